The minimum Gasteiger partial charge on any atom is -0.395 e. The first-order valence-corrected chi connectivity index (χ1v) is 10.7. The average Bonchev–Trinajstić information content (AvgIpc) is 2.70. The van der Waals surface area contributed by atoms with Crippen molar-refractivity contribution in [1.82, 2.24) is 14.7 Å². The van der Waals surface area contributed by atoms with Crippen molar-refractivity contribution in [2.24, 2.45) is 0 Å². The van der Waals surface area contributed by atoms with Crippen molar-refractivity contribution in [2.75, 3.05) is 57.7 Å². The minimum atomic E-state index is 0.0183. The van der Waals surface area contributed by atoms with Crippen LogP contribution in [0.2, 0.25) is 0 Å². The van der Waals surface area contributed by atoms with E-state index in [4.69, 9.17) is 5.11 Å². The van der Waals surface area contributed by atoms with Crippen molar-refractivity contribution in [3.05, 3.63) is 29.3 Å². The zero-order chi connectivity index (χ0) is 20.1. The Morgan fingerprint density at radius 2 is 1.82 bits per heavy atom. The smallest absolute Gasteiger partial charge is 0.321 e. The number of carbonyl (C=O) groups excluding carboxylic acids is 1. The Kier molecular flexibility index (Phi) is 7.32. The molecule has 2 saturated heterocycles. The van der Waals surface area contributed by atoms with E-state index in [0.29, 0.717) is 12.0 Å². The van der Waals surface area contributed by atoms with E-state index in [-0.39, 0.29) is 12.6 Å². The van der Waals surface area contributed by atoms with Gasteiger partial charge in [0.05, 0.1) is 6.61 Å². The second-order valence-electron chi connectivity index (χ2n) is 8.48. The maximum Gasteiger partial charge on any atom is 0.321 e. The predicted octanol–water partition coefficient (Wildman–Crippen LogP) is 2.72. The molecule has 2 fully saturated rings. The fourth-order valence-electron chi connectivity index (χ4n) is 4.47. The molecule has 2 aliphatic heterocycles. The number of hydrogen-bond acceptors (Lipinski definition) is 4. The Balaban J connectivity index is 1.47. The molecule has 2 aliphatic rings. The lowest BCUT2D eigenvalue weighted by Gasteiger charge is -2.42. The normalized spacial score (nSPS) is 20.0. The van der Waals surface area contributed by atoms with Gasteiger partial charge in [0, 0.05) is 57.5 Å². The molecule has 2 heterocycles. The van der Waals surface area contributed by atoms with Crippen LogP contribution in [-0.2, 0) is 0 Å². The van der Waals surface area contributed by atoms with Gasteiger partial charge in [-0.05, 0) is 48.9 Å². The number of carbonyl (C=O) groups is 1. The molecule has 0 spiro atoms. The molecule has 0 radical (unpaired) electrons. The van der Waals surface area contributed by atoms with Crippen molar-refractivity contribution in [2.45, 2.75) is 45.6 Å². The molecule has 0 saturated carbocycles. The lowest BCUT2D eigenvalue weighted by Crippen LogP contribution is -2.54. The second-order valence-corrected chi connectivity index (χ2v) is 8.48. The van der Waals surface area contributed by atoms with Gasteiger partial charge < -0.3 is 15.3 Å². The summed E-state index contributed by atoms with van der Waals surface area (Å²) in [6.45, 7) is 13.3. The number of nitrogens with zero attached hydrogens (tertiary/aromatic N) is 3. The molecule has 1 aromatic carbocycles. The second kappa shape index (κ2) is 9.72. The monoisotopic (exact) mass is 388 g/mol. The number of aryl methyl sites for hydroxylation is 1. The van der Waals surface area contributed by atoms with Gasteiger partial charge in [-0.15, -0.1) is 0 Å². The van der Waals surface area contributed by atoms with Gasteiger partial charge in [0.25, 0.3) is 0 Å². The number of urea groups is 1. The molecule has 156 valence electrons. The Morgan fingerprint density at radius 1 is 1.14 bits per heavy atom. The van der Waals surface area contributed by atoms with Crippen LogP contribution in [0.3, 0.4) is 0 Å². The van der Waals surface area contributed by atoms with Gasteiger partial charge in [-0.1, -0.05) is 19.9 Å². The number of β-amino-alcohol motifs (C(OH)–C–C–N with tert-alkyl or cyclic N) is 1. The molecule has 2 amide bonds. The lowest BCUT2D eigenvalue weighted by atomic mass is 9.97. The van der Waals surface area contributed by atoms with Crippen molar-refractivity contribution in [1.29, 1.82) is 0 Å². The van der Waals surface area contributed by atoms with E-state index in [1.54, 1.807) is 0 Å². The number of anilines is 1. The summed E-state index contributed by atoms with van der Waals surface area (Å²) in [6, 6.07) is 6.79. The SMILES string of the molecule is Cc1ccc(NC(=O)N2CCC(N3CCN(CCO)CC3)CC2)cc1C(C)C. The lowest BCUT2D eigenvalue weighted by molar-refractivity contribution is 0.0598. The molecule has 0 unspecified atom stereocenters. The highest BCUT2D eigenvalue weighted by atomic mass is 16.3. The summed E-state index contributed by atoms with van der Waals surface area (Å²) in [6.07, 6.45) is 2.08. The predicted molar refractivity (Wildman–Crippen MR) is 114 cm³/mol. The molecule has 0 bridgehead atoms. The molecule has 3 rings (SSSR count). The van der Waals surface area contributed by atoms with E-state index in [1.165, 1.54) is 11.1 Å². The number of amides is 2. The van der Waals surface area contributed by atoms with E-state index in [9.17, 15) is 4.79 Å². The molecule has 1 aromatic rings. The maximum absolute atomic E-state index is 12.7. The summed E-state index contributed by atoms with van der Waals surface area (Å²) in [5, 5.41) is 12.2. The minimum absolute atomic E-state index is 0.0183. The number of piperidine rings is 1. The Labute approximate surface area is 169 Å². The Bertz CT molecular complexity index is 648. The number of likely N-dealkylation sites (tertiary alicyclic amines) is 1. The third-order valence-corrected chi connectivity index (χ3v) is 6.24. The quantitative estimate of drug-likeness (QED) is 0.814. The number of benzene rings is 1. The van der Waals surface area contributed by atoms with Crippen LogP contribution in [0.4, 0.5) is 10.5 Å². The van der Waals surface area contributed by atoms with Gasteiger partial charge in [-0.3, -0.25) is 9.80 Å². The van der Waals surface area contributed by atoms with Gasteiger partial charge in [0.15, 0.2) is 0 Å². The van der Waals surface area contributed by atoms with Crippen LogP contribution in [0.5, 0.6) is 0 Å². The molecular formula is C22H36N4O2. The number of aliphatic hydroxyl groups excluding tert-OH is 1. The molecule has 0 aliphatic carbocycles. The van der Waals surface area contributed by atoms with Gasteiger partial charge >= 0.3 is 6.03 Å². The average molecular weight is 389 g/mol. The fourth-order valence-corrected chi connectivity index (χ4v) is 4.47. The number of nitrogens with one attached hydrogen (secondary N) is 1. The van der Waals surface area contributed by atoms with Gasteiger partial charge in [0.1, 0.15) is 0 Å². The van der Waals surface area contributed by atoms with Crippen molar-refractivity contribution in [3.8, 4) is 0 Å². The molecular weight excluding hydrogens is 352 g/mol. The maximum atomic E-state index is 12.7. The van der Waals surface area contributed by atoms with Crippen LogP contribution in [-0.4, -0.2) is 84.3 Å². The summed E-state index contributed by atoms with van der Waals surface area (Å²) in [4.78, 5) is 19.5. The summed E-state index contributed by atoms with van der Waals surface area (Å²) < 4.78 is 0. The standard InChI is InChI=1S/C22H36N4O2/c1-17(2)21-16-19(5-4-18(21)3)23-22(28)26-8-6-20(7-9-26)25-12-10-24(11-13-25)14-15-27/h4-5,16-17,20,27H,6-15H2,1-3H3,(H,23,28). The highest BCUT2D eigenvalue weighted by Gasteiger charge is 2.29. The first-order chi connectivity index (χ1) is 13.5. The van der Waals surface area contributed by atoms with Gasteiger partial charge in [-0.2, -0.15) is 0 Å². The van der Waals surface area contributed by atoms with E-state index < -0.39 is 0 Å². The van der Waals surface area contributed by atoms with Crippen molar-refractivity contribution >= 4 is 11.7 Å². The summed E-state index contributed by atoms with van der Waals surface area (Å²) in [5.41, 5.74) is 3.45. The Morgan fingerprint density at radius 3 is 2.43 bits per heavy atom. The number of hydrogen-bond donors (Lipinski definition) is 2. The van der Waals surface area contributed by atoms with Crippen LogP contribution in [0.15, 0.2) is 18.2 Å². The van der Waals surface area contributed by atoms with Gasteiger partial charge in [0.2, 0.25) is 0 Å². The van der Waals surface area contributed by atoms with Crippen LogP contribution in [0.1, 0.15) is 43.7 Å². The van der Waals surface area contributed by atoms with Crippen molar-refractivity contribution in [3.63, 3.8) is 0 Å². The largest absolute Gasteiger partial charge is 0.395 e. The van der Waals surface area contributed by atoms with Crippen LogP contribution >= 0.6 is 0 Å². The van der Waals surface area contributed by atoms with Crippen molar-refractivity contribution < 1.29 is 9.90 Å². The molecule has 0 aromatic heterocycles. The van der Waals surface area contributed by atoms with E-state index in [0.717, 1.165) is 64.3 Å². The number of rotatable bonds is 5. The molecule has 6 nitrogen and oxygen atoms in total. The zero-order valence-corrected chi connectivity index (χ0v) is 17.7. The number of aliphatic hydroxyl groups is 1. The van der Waals surface area contributed by atoms with Crippen LogP contribution < -0.4 is 5.32 Å². The summed E-state index contributed by atoms with van der Waals surface area (Å²) in [5.74, 6) is 0.449. The third-order valence-electron chi connectivity index (χ3n) is 6.24. The molecule has 6 heteroatoms. The molecule has 0 atom stereocenters. The summed E-state index contributed by atoms with van der Waals surface area (Å²) in [7, 11) is 0. The first-order valence-electron chi connectivity index (χ1n) is 10.7. The highest BCUT2D eigenvalue weighted by molar-refractivity contribution is 5.89. The third kappa shape index (κ3) is 5.25. The van der Waals surface area contributed by atoms with Gasteiger partial charge in [-0.25, -0.2) is 4.79 Å². The fraction of sp³-hybridized carbons (Fsp3) is 0.682. The topological polar surface area (TPSA) is 59.1 Å². The Hall–Kier alpha value is -1.63. The molecule has 2 N–H and O–H groups in total. The zero-order valence-electron chi connectivity index (χ0n) is 17.7. The first kappa shape index (κ1) is 21.1. The summed E-state index contributed by atoms with van der Waals surface area (Å²) >= 11 is 0. The van der Waals surface area contributed by atoms with Crippen LogP contribution in [0, 0.1) is 6.92 Å². The highest BCUT2D eigenvalue weighted by Crippen LogP contribution is 2.24. The molecule has 28 heavy (non-hydrogen) atoms. The van der Waals surface area contributed by atoms with E-state index in [1.807, 2.05) is 11.0 Å². The number of piperazine rings is 1. The van der Waals surface area contributed by atoms with E-state index >= 15 is 0 Å². The van der Waals surface area contributed by atoms with E-state index in [2.05, 4.69) is 48.0 Å². The van der Waals surface area contributed by atoms with Crippen LogP contribution in [0.25, 0.3) is 0 Å².